The SMILES string of the molecule is CN1C(=C2CN=C(c3ccc(S(C)=O)cc3)C=NC2=N)NOC1c1ccccc1. The molecule has 1 saturated heterocycles. The van der Waals surface area contributed by atoms with Crippen LogP contribution < -0.4 is 5.48 Å². The van der Waals surface area contributed by atoms with Crippen LogP contribution in [-0.4, -0.2) is 46.7 Å². The highest BCUT2D eigenvalue weighted by atomic mass is 32.2. The molecule has 2 aliphatic rings. The molecule has 4 rings (SSSR count). The molecule has 2 aromatic rings. The average molecular weight is 407 g/mol. The van der Waals surface area contributed by atoms with Crippen LogP contribution in [0.5, 0.6) is 0 Å². The van der Waals surface area contributed by atoms with Gasteiger partial charge < -0.3 is 4.90 Å². The third-order valence-corrected chi connectivity index (χ3v) is 5.77. The summed E-state index contributed by atoms with van der Waals surface area (Å²) < 4.78 is 11.6. The molecule has 1 fully saturated rings. The zero-order valence-corrected chi connectivity index (χ0v) is 16.9. The predicted octanol–water partition coefficient (Wildman–Crippen LogP) is 2.65. The minimum absolute atomic E-state index is 0.140. The molecule has 2 heterocycles. The first-order valence-corrected chi connectivity index (χ1v) is 10.6. The van der Waals surface area contributed by atoms with Gasteiger partial charge in [0.25, 0.3) is 0 Å². The highest BCUT2D eigenvalue weighted by Gasteiger charge is 2.31. The zero-order chi connectivity index (χ0) is 20.4. The molecule has 2 aromatic carbocycles. The molecular weight excluding hydrogens is 386 g/mol. The van der Waals surface area contributed by atoms with Crippen molar-refractivity contribution in [3.05, 3.63) is 77.1 Å². The molecule has 8 heteroatoms. The fourth-order valence-electron chi connectivity index (χ4n) is 3.22. The highest BCUT2D eigenvalue weighted by Crippen LogP contribution is 2.30. The number of benzene rings is 2. The first kappa shape index (κ1) is 19.2. The van der Waals surface area contributed by atoms with Crippen molar-refractivity contribution in [3.63, 3.8) is 0 Å². The van der Waals surface area contributed by atoms with E-state index in [9.17, 15) is 4.21 Å². The summed E-state index contributed by atoms with van der Waals surface area (Å²) >= 11 is 0. The van der Waals surface area contributed by atoms with Gasteiger partial charge in [-0.15, -0.1) is 0 Å². The lowest BCUT2D eigenvalue weighted by Gasteiger charge is -2.20. The van der Waals surface area contributed by atoms with E-state index in [2.05, 4.69) is 15.5 Å². The molecular formula is C21H21N5O2S. The van der Waals surface area contributed by atoms with Gasteiger partial charge in [-0.25, -0.2) is 15.3 Å². The Hall–Kier alpha value is -3.10. The maximum absolute atomic E-state index is 11.6. The average Bonchev–Trinajstić information content (AvgIpc) is 3.01. The molecule has 0 spiro atoms. The van der Waals surface area contributed by atoms with Crippen molar-refractivity contribution in [1.29, 1.82) is 5.41 Å². The Balaban J connectivity index is 1.61. The first-order chi connectivity index (χ1) is 14.0. The van der Waals surface area contributed by atoms with Gasteiger partial charge in [-0.1, -0.05) is 42.5 Å². The topological polar surface area (TPSA) is 90.1 Å². The van der Waals surface area contributed by atoms with Crippen molar-refractivity contribution in [2.45, 2.75) is 11.1 Å². The second-order valence-electron chi connectivity index (χ2n) is 6.71. The second-order valence-corrected chi connectivity index (χ2v) is 8.09. The molecule has 0 bridgehead atoms. The smallest absolute Gasteiger partial charge is 0.184 e. The zero-order valence-electron chi connectivity index (χ0n) is 16.1. The van der Waals surface area contributed by atoms with E-state index < -0.39 is 10.8 Å². The van der Waals surface area contributed by atoms with E-state index in [0.29, 0.717) is 23.7 Å². The molecule has 0 aromatic heterocycles. The first-order valence-electron chi connectivity index (χ1n) is 9.08. The monoisotopic (exact) mass is 407 g/mol. The fourth-order valence-corrected chi connectivity index (χ4v) is 3.74. The van der Waals surface area contributed by atoms with Crippen molar-refractivity contribution in [2.24, 2.45) is 9.98 Å². The van der Waals surface area contributed by atoms with Gasteiger partial charge in [-0.3, -0.25) is 14.6 Å². The summed E-state index contributed by atoms with van der Waals surface area (Å²) in [5, 5.41) is 8.36. The molecule has 2 unspecified atom stereocenters. The Bertz CT molecular complexity index is 1040. The van der Waals surface area contributed by atoms with Gasteiger partial charge >= 0.3 is 0 Å². The Labute approximate surface area is 171 Å². The summed E-state index contributed by atoms with van der Waals surface area (Å²) in [6.45, 7) is 0.299. The minimum atomic E-state index is -1.02. The maximum atomic E-state index is 11.6. The number of amidine groups is 1. The summed E-state index contributed by atoms with van der Waals surface area (Å²) in [7, 11) is 0.888. The van der Waals surface area contributed by atoms with Gasteiger partial charge in [0.05, 0.1) is 24.0 Å². The Kier molecular flexibility index (Phi) is 5.37. The summed E-state index contributed by atoms with van der Waals surface area (Å²) in [6.07, 6.45) is 2.96. The minimum Gasteiger partial charge on any atom is -0.328 e. The lowest BCUT2D eigenvalue weighted by molar-refractivity contribution is -0.00394. The quantitative estimate of drug-likeness (QED) is 0.819. The summed E-state index contributed by atoms with van der Waals surface area (Å²) in [6, 6.07) is 17.3. The summed E-state index contributed by atoms with van der Waals surface area (Å²) in [5.41, 5.74) is 6.16. The predicted molar refractivity (Wildman–Crippen MR) is 115 cm³/mol. The molecule has 7 nitrogen and oxygen atoms in total. The van der Waals surface area contributed by atoms with E-state index in [4.69, 9.17) is 10.2 Å². The molecule has 2 aliphatic heterocycles. The number of nitrogens with one attached hydrogen (secondary N) is 2. The second kappa shape index (κ2) is 8.10. The normalized spacial score (nSPS) is 22.8. The van der Waals surface area contributed by atoms with Gasteiger partial charge in [0, 0.05) is 40.1 Å². The van der Waals surface area contributed by atoms with Crippen molar-refractivity contribution >= 4 is 28.6 Å². The molecule has 148 valence electrons. The third kappa shape index (κ3) is 3.90. The molecule has 2 N–H and O–H groups in total. The Morgan fingerprint density at radius 1 is 1.17 bits per heavy atom. The van der Waals surface area contributed by atoms with Crippen LogP contribution in [0, 0.1) is 5.41 Å². The number of aliphatic imine (C=N–C) groups is 2. The molecule has 0 aliphatic carbocycles. The van der Waals surface area contributed by atoms with Gasteiger partial charge in [0.1, 0.15) is 5.82 Å². The molecule has 0 radical (unpaired) electrons. The number of hydrogen-bond acceptors (Lipinski definition) is 6. The van der Waals surface area contributed by atoms with Crippen molar-refractivity contribution in [2.75, 3.05) is 19.8 Å². The maximum Gasteiger partial charge on any atom is 0.184 e. The fraction of sp³-hybridized carbons (Fsp3) is 0.190. The van der Waals surface area contributed by atoms with Gasteiger partial charge in [-0.05, 0) is 12.1 Å². The Morgan fingerprint density at radius 3 is 2.59 bits per heavy atom. The molecule has 0 saturated carbocycles. The molecule has 0 amide bonds. The van der Waals surface area contributed by atoms with Gasteiger partial charge in [0.15, 0.2) is 12.1 Å². The van der Waals surface area contributed by atoms with Gasteiger partial charge in [0.2, 0.25) is 0 Å². The lowest BCUT2D eigenvalue weighted by atomic mass is 10.1. The van der Waals surface area contributed by atoms with Crippen LogP contribution in [0.25, 0.3) is 0 Å². The van der Waals surface area contributed by atoms with Crippen molar-refractivity contribution < 1.29 is 9.05 Å². The largest absolute Gasteiger partial charge is 0.328 e. The number of nitrogens with zero attached hydrogens (tertiary/aromatic N) is 3. The Morgan fingerprint density at radius 2 is 1.90 bits per heavy atom. The van der Waals surface area contributed by atoms with E-state index in [-0.39, 0.29) is 12.1 Å². The number of hydrogen-bond donors (Lipinski definition) is 2. The van der Waals surface area contributed by atoms with Crippen LogP contribution in [0.2, 0.25) is 0 Å². The van der Waals surface area contributed by atoms with E-state index in [1.165, 1.54) is 0 Å². The van der Waals surface area contributed by atoms with Crippen LogP contribution in [-0.2, 0) is 15.6 Å². The number of rotatable bonds is 3. The van der Waals surface area contributed by atoms with Gasteiger partial charge in [-0.2, -0.15) is 0 Å². The van der Waals surface area contributed by atoms with E-state index in [1.54, 1.807) is 12.5 Å². The standard InChI is InChI=1S/C21H21N5O2S/c1-26-20(25-28-21(26)15-6-4-3-5-7-15)17-12-23-18(13-24-19(17)22)14-8-10-16(11-9-14)29(2)27/h3-11,13,21-22,25H,12H2,1-2H3. The van der Waals surface area contributed by atoms with Crippen LogP contribution in [0.4, 0.5) is 0 Å². The summed E-state index contributed by atoms with van der Waals surface area (Å²) in [5.74, 6) is 0.824. The summed E-state index contributed by atoms with van der Waals surface area (Å²) in [4.78, 5) is 17.4. The molecule has 2 atom stereocenters. The number of hydroxylamine groups is 1. The van der Waals surface area contributed by atoms with E-state index in [1.807, 2.05) is 66.5 Å². The third-order valence-electron chi connectivity index (χ3n) is 4.83. The van der Waals surface area contributed by atoms with Crippen molar-refractivity contribution in [3.8, 4) is 0 Å². The van der Waals surface area contributed by atoms with Crippen molar-refractivity contribution in [1.82, 2.24) is 10.4 Å². The van der Waals surface area contributed by atoms with E-state index in [0.717, 1.165) is 16.0 Å². The van der Waals surface area contributed by atoms with E-state index >= 15 is 0 Å². The lowest BCUT2D eigenvalue weighted by Crippen LogP contribution is -2.22. The molecule has 29 heavy (non-hydrogen) atoms. The van der Waals surface area contributed by atoms with Crippen LogP contribution in [0.1, 0.15) is 17.4 Å². The van der Waals surface area contributed by atoms with Crippen LogP contribution in [0.3, 0.4) is 0 Å². The van der Waals surface area contributed by atoms with Crippen LogP contribution in [0.15, 0.2) is 80.9 Å². The van der Waals surface area contributed by atoms with Crippen LogP contribution >= 0.6 is 0 Å². The highest BCUT2D eigenvalue weighted by molar-refractivity contribution is 7.84.